The van der Waals surface area contributed by atoms with Gasteiger partial charge in [-0.15, -0.1) is 0 Å². The number of hydrogen-bond acceptors (Lipinski definition) is 1. The number of alkyl halides is 3. The van der Waals surface area contributed by atoms with Gasteiger partial charge in [0.05, 0.1) is 5.56 Å². The maximum absolute atomic E-state index is 13.1. The van der Waals surface area contributed by atoms with Gasteiger partial charge >= 0.3 is 6.18 Å². The maximum atomic E-state index is 13.1. The van der Waals surface area contributed by atoms with Gasteiger partial charge in [-0.3, -0.25) is 0 Å². The summed E-state index contributed by atoms with van der Waals surface area (Å²) in [5.41, 5.74) is -0.723. The average molecular weight is 275 g/mol. The highest BCUT2D eigenvalue weighted by Gasteiger charge is 2.34. The van der Waals surface area contributed by atoms with Gasteiger partial charge in [0.2, 0.25) is 0 Å². The van der Waals surface area contributed by atoms with Crippen molar-refractivity contribution in [2.75, 3.05) is 0 Å². The van der Waals surface area contributed by atoms with E-state index in [1.165, 1.54) is 6.07 Å². The SMILES string of the molecule is CC1CCCC1NCc1ccc(F)c(C(F)(F)F)c1. The first kappa shape index (κ1) is 14.3. The van der Waals surface area contributed by atoms with Crippen LogP contribution in [0.3, 0.4) is 0 Å². The van der Waals surface area contributed by atoms with Crippen LogP contribution in [0, 0.1) is 11.7 Å². The molecule has 1 N–H and O–H groups in total. The van der Waals surface area contributed by atoms with Crippen LogP contribution < -0.4 is 5.32 Å². The molecular formula is C14H17F4N. The van der Waals surface area contributed by atoms with Crippen LogP contribution in [0.1, 0.15) is 37.3 Å². The van der Waals surface area contributed by atoms with Gasteiger partial charge in [-0.25, -0.2) is 4.39 Å². The molecule has 0 amide bonds. The minimum Gasteiger partial charge on any atom is -0.310 e. The number of halogens is 4. The van der Waals surface area contributed by atoms with Crippen LogP contribution in [-0.4, -0.2) is 6.04 Å². The third kappa shape index (κ3) is 3.47. The molecule has 2 atom stereocenters. The summed E-state index contributed by atoms with van der Waals surface area (Å²) in [4.78, 5) is 0. The summed E-state index contributed by atoms with van der Waals surface area (Å²) >= 11 is 0. The van der Waals surface area contributed by atoms with Gasteiger partial charge in [0, 0.05) is 12.6 Å². The van der Waals surface area contributed by atoms with Crippen LogP contribution in [0.2, 0.25) is 0 Å². The topological polar surface area (TPSA) is 12.0 Å². The van der Waals surface area contributed by atoms with Crippen molar-refractivity contribution in [1.82, 2.24) is 5.32 Å². The molecule has 106 valence electrons. The van der Waals surface area contributed by atoms with Crippen LogP contribution in [-0.2, 0) is 12.7 Å². The lowest BCUT2D eigenvalue weighted by Crippen LogP contribution is -2.30. The second kappa shape index (κ2) is 5.49. The smallest absolute Gasteiger partial charge is 0.310 e. The monoisotopic (exact) mass is 275 g/mol. The van der Waals surface area contributed by atoms with Crippen molar-refractivity contribution >= 4 is 0 Å². The summed E-state index contributed by atoms with van der Waals surface area (Å²) in [6.45, 7) is 2.48. The van der Waals surface area contributed by atoms with Crippen molar-refractivity contribution in [3.8, 4) is 0 Å². The van der Waals surface area contributed by atoms with Crippen molar-refractivity contribution in [2.24, 2.45) is 5.92 Å². The normalized spacial score (nSPS) is 23.8. The Labute approximate surface area is 110 Å². The van der Waals surface area contributed by atoms with Gasteiger partial charge < -0.3 is 5.32 Å². The zero-order chi connectivity index (χ0) is 14.0. The molecular weight excluding hydrogens is 258 g/mol. The molecule has 1 aromatic rings. The summed E-state index contributed by atoms with van der Waals surface area (Å²) < 4.78 is 50.8. The third-order valence-corrected chi connectivity index (χ3v) is 3.77. The molecule has 1 aromatic carbocycles. The summed E-state index contributed by atoms with van der Waals surface area (Å²) in [5, 5.41) is 3.26. The number of benzene rings is 1. The first-order chi connectivity index (χ1) is 8.88. The van der Waals surface area contributed by atoms with Gasteiger partial charge in [-0.2, -0.15) is 13.2 Å². The molecule has 0 aromatic heterocycles. The fourth-order valence-corrected chi connectivity index (χ4v) is 2.60. The molecule has 0 spiro atoms. The van der Waals surface area contributed by atoms with Crippen molar-refractivity contribution < 1.29 is 17.6 Å². The summed E-state index contributed by atoms with van der Waals surface area (Å²) in [6, 6.07) is 3.52. The van der Waals surface area contributed by atoms with Crippen LogP contribution in [0.15, 0.2) is 18.2 Å². The summed E-state index contributed by atoms with van der Waals surface area (Å²) in [7, 11) is 0. The minimum atomic E-state index is -4.64. The fourth-order valence-electron chi connectivity index (χ4n) is 2.60. The molecule has 1 aliphatic rings. The Morgan fingerprint density at radius 2 is 2.00 bits per heavy atom. The van der Waals surface area contributed by atoms with Gasteiger partial charge in [-0.05, 0) is 36.5 Å². The zero-order valence-electron chi connectivity index (χ0n) is 10.7. The summed E-state index contributed by atoms with van der Waals surface area (Å²) in [6.07, 6.45) is -1.29. The standard InChI is InChI=1S/C14H17F4N/c1-9-3-2-4-13(9)19-8-10-5-6-12(15)11(7-10)14(16,17)18/h5-7,9,13,19H,2-4,8H2,1H3. The van der Waals surface area contributed by atoms with Crippen molar-refractivity contribution in [2.45, 2.75) is 44.9 Å². The van der Waals surface area contributed by atoms with E-state index in [1.807, 2.05) is 0 Å². The van der Waals surface area contributed by atoms with Crippen LogP contribution in [0.5, 0.6) is 0 Å². The van der Waals surface area contributed by atoms with E-state index in [9.17, 15) is 17.6 Å². The highest BCUT2D eigenvalue weighted by molar-refractivity contribution is 5.27. The molecule has 2 unspecified atom stereocenters. The Hall–Kier alpha value is -1.10. The summed E-state index contributed by atoms with van der Waals surface area (Å²) in [5.74, 6) is -0.673. The number of rotatable bonds is 3. The largest absolute Gasteiger partial charge is 0.419 e. The zero-order valence-corrected chi connectivity index (χ0v) is 10.7. The van der Waals surface area contributed by atoms with Crippen molar-refractivity contribution in [3.05, 3.63) is 35.1 Å². The van der Waals surface area contributed by atoms with E-state index in [0.29, 0.717) is 24.1 Å². The maximum Gasteiger partial charge on any atom is 0.419 e. The molecule has 0 bridgehead atoms. The van der Waals surface area contributed by atoms with Crippen LogP contribution in [0.4, 0.5) is 17.6 Å². The van der Waals surface area contributed by atoms with Gasteiger partial charge in [0.25, 0.3) is 0 Å². The molecule has 0 saturated heterocycles. The number of nitrogens with one attached hydrogen (secondary N) is 1. The number of hydrogen-bond donors (Lipinski definition) is 1. The van der Waals surface area contributed by atoms with E-state index in [-0.39, 0.29) is 0 Å². The highest BCUT2D eigenvalue weighted by atomic mass is 19.4. The molecule has 0 radical (unpaired) electrons. The molecule has 0 heterocycles. The molecule has 1 aliphatic carbocycles. The second-order valence-corrected chi connectivity index (χ2v) is 5.21. The molecule has 1 nitrogen and oxygen atoms in total. The molecule has 1 saturated carbocycles. The van der Waals surface area contributed by atoms with E-state index < -0.39 is 17.6 Å². The highest BCUT2D eigenvalue weighted by Crippen LogP contribution is 2.32. The molecule has 1 fully saturated rings. The third-order valence-electron chi connectivity index (χ3n) is 3.77. The lowest BCUT2D eigenvalue weighted by Gasteiger charge is -2.18. The van der Waals surface area contributed by atoms with E-state index >= 15 is 0 Å². The first-order valence-electron chi connectivity index (χ1n) is 6.47. The molecule has 2 rings (SSSR count). The second-order valence-electron chi connectivity index (χ2n) is 5.21. The van der Waals surface area contributed by atoms with Gasteiger partial charge in [0.1, 0.15) is 5.82 Å². The first-order valence-corrected chi connectivity index (χ1v) is 6.47. The van der Waals surface area contributed by atoms with E-state index in [4.69, 9.17) is 0 Å². The Kier molecular flexibility index (Phi) is 4.13. The van der Waals surface area contributed by atoms with E-state index in [2.05, 4.69) is 12.2 Å². The Balaban J connectivity index is 2.05. The van der Waals surface area contributed by atoms with Crippen molar-refractivity contribution in [1.29, 1.82) is 0 Å². The Bertz CT molecular complexity index is 442. The molecule has 0 aliphatic heterocycles. The molecule has 19 heavy (non-hydrogen) atoms. The van der Waals surface area contributed by atoms with Gasteiger partial charge in [-0.1, -0.05) is 19.4 Å². The van der Waals surface area contributed by atoms with Crippen LogP contribution in [0.25, 0.3) is 0 Å². The predicted molar refractivity (Wildman–Crippen MR) is 65.0 cm³/mol. The van der Waals surface area contributed by atoms with E-state index in [1.54, 1.807) is 0 Å². The lowest BCUT2D eigenvalue weighted by atomic mass is 10.1. The quantitative estimate of drug-likeness (QED) is 0.818. The van der Waals surface area contributed by atoms with Gasteiger partial charge in [0.15, 0.2) is 0 Å². The van der Waals surface area contributed by atoms with Crippen LogP contribution >= 0.6 is 0 Å². The average Bonchev–Trinajstić information content (AvgIpc) is 2.72. The minimum absolute atomic E-state index is 0.346. The lowest BCUT2D eigenvalue weighted by molar-refractivity contribution is -0.140. The van der Waals surface area contributed by atoms with Crippen molar-refractivity contribution in [3.63, 3.8) is 0 Å². The molecule has 5 heteroatoms. The van der Waals surface area contributed by atoms with E-state index in [0.717, 1.165) is 31.4 Å². The Morgan fingerprint density at radius 1 is 1.26 bits per heavy atom. The predicted octanol–water partition coefficient (Wildman–Crippen LogP) is 4.12. The fraction of sp³-hybridized carbons (Fsp3) is 0.571. The Morgan fingerprint density at radius 3 is 2.58 bits per heavy atom.